The van der Waals surface area contributed by atoms with Gasteiger partial charge in [-0.1, -0.05) is 19.4 Å². The van der Waals surface area contributed by atoms with Gasteiger partial charge in [0.1, 0.15) is 4.83 Å². The predicted molar refractivity (Wildman–Crippen MR) is 80.0 cm³/mol. The number of aromatic nitrogens is 2. The Hall–Kier alpha value is -1.62. The Labute approximate surface area is 115 Å². The van der Waals surface area contributed by atoms with Crippen molar-refractivity contribution in [2.45, 2.75) is 40.2 Å². The van der Waals surface area contributed by atoms with Crippen LogP contribution in [0.2, 0.25) is 0 Å². The van der Waals surface area contributed by atoms with Gasteiger partial charge in [0.2, 0.25) is 0 Å². The molecule has 2 rings (SSSR count). The van der Waals surface area contributed by atoms with Gasteiger partial charge in [-0.2, -0.15) is 4.98 Å². The first-order valence-corrected chi connectivity index (χ1v) is 7.26. The van der Waals surface area contributed by atoms with Crippen LogP contribution in [0.3, 0.4) is 0 Å². The van der Waals surface area contributed by atoms with E-state index in [4.69, 9.17) is 0 Å². The molecule has 0 aliphatic rings. The molecule has 0 radical (unpaired) electrons. The third-order valence-electron chi connectivity index (χ3n) is 3.27. The van der Waals surface area contributed by atoms with Crippen LogP contribution in [-0.4, -0.2) is 14.7 Å². The molecule has 0 amide bonds. The number of aliphatic hydroxyl groups is 1. The number of aryl methyl sites for hydroxylation is 1. The van der Waals surface area contributed by atoms with Gasteiger partial charge in [0.05, 0.1) is 16.1 Å². The van der Waals surface area contributed by atoms with Gasteiger partial charge in [-0.05, 0) is 25.8 Å². The summed E-state index contributed by atoms with van der Waals surface area (Å²) in [7, 11) is 0. The van der Waals surface area contributed by atoms with Crippen molar-refractivity contribution in [2.24, 2.45) is 0 Å². The molecule has 4 nitrogen and oxygen atoms in total. The Balaban J connectivity index is 2.89. The Kier molecular flexibility index (Phi) is 4.04. The summed E-state index contributed by atoms with van der Waals surface area (Å²) < 4.78 is 2.49. The molecule has 19 heavy (non-hydrogen) atoms. The third-order valence-corrected chi connectivity index (χ3v) is 4.39. The number of fused-ring (bicyclic) bond motifs is 1. The van der Waals surface area contributed by atoms with Crippen LogP contribution in [0.25, 0.3) is 22.6 Å². The molecule has 102 valence electrons. The van der Waals surface area contributed by atoms with Crippen molar-refractivity contribution < 1.29 is 5.11 Å². The second kappa shape index (κ2) is 5.57. The first-order valence-electron chi connectivity index (χ1n) is 6.44. The molecule has 0 saturated heterocycles. The van der Waals surface area contributed by atoms with E-state index in [1.807, 2.05) is 19.9 Å². The maximum atomic E-state index is 12.1. The van der Waals surface area contributed by atoms with Crippen LogP contribution in [0.1, 0.15) is 32.3 Å². The Bertz CT molecular complexity index is 771. The molecule has 0 aliphatic carbocycles. The molecule has 0 fully saturated rings. The first-order chi connectivity index (χ1) is 9.13. The highest BCUT2D eigenvalue weighted by Crippen LogP contribution is 2.13. The summed E-state index contributed by atoms with van der Waals surface area (Å²) >= 11 is 1.35. The fourth-order valence-corrected chi connectivity index (χ4v) is 3.24. The van der Waals surface area contributed by atoms with E-state index >= 15 is 0 Å². The third kappa shape index (κ3) is 2.30. The Morgan fingerprint density at radius 1 is 1.47 bits per heavy atom. The molecule has 0 spiro atoms. The maximum Gasteiger partial charge on any atom is 0.349 e. The van der Waals surface area contributed by atoms with Gasteiger partial charge in [0.25, 0.3) is 0 Å². The highest BCUT2D eigenvalue weighted by molar-refractivity contribution is 7.16. The van der Waals surface area contributed by atoms with Crippen LogP contribution < -0.4 is 15.6 Å². The molecule has 0 saturated carbocycles. The smallest absolute Gasteiger partial charge is 0.349 e. The molecular formula is C14H18N2O2S. The van der Waals surface area contributed by atoms with Crippen molar-refractivity contribution >= 4 is 33.9 Å². The van der Waals surface area contributed by atoms with Crippen LogP contribution in [0, 0.1) is 6.92 Å². The van der Waals surface area contributed by atoms with Gasteiger partial charge < -0.3 is 5.11 Å². The van der Waals surface area contributed by atoms with Crippen LogP contribution >= 0.6 is 11.3 Å². The van der Waals surface area contributed by atoms with Gasteiger partial charge in [-0.15, -0.1) is 11.3 Å². The number of hydrogen-bond acceptors (Lipinski definition) is 4. The lowest BCUT2D eigenvalue weighted by Gasteiger charge is -2.06. The van der Waals surface area contributed by atoms with Gasteiger partial charge in [-0.25, -0.2) is 4.79 Å². The first kappa shape index (κ1) is 13.8. The lowest BCUT2D eigenvalue weighted by atomic mass is 10.2. The molecular weight excluding hydrogens is 260 g/mol. The molecule has 0 aliphatic heterocycles. The summed E-state index contributed by atoms with van der Waals surface area (Å²) in [4.78, 5) is 16.9. The monoisotopic (exact) mass is 278 g/mol. The normalized spacial score (nSPS) is 13.6. The number of nitrogens with zero attached hydrogens (tertiary/aromatic N) is 2. The molecule has 2 heterocycles. The van der Waals surface area contributed by atoms with E-state index in [-0.39, 0.29) is 5.69 Å². The van der Waals surface area contributed by atoms with E-state index < -0.39 is 0 Å². The van der Waals surface area contributed by atoms with Crippen molar-refractivity contribution in [1.29, 1.82) is 0 Å². The van der Waals surface area contributed by atoms with E-state index in [1.54, 1.807) is 4.57 Å². The zero-order valence-corrected chi connectivity index (χ0v) is 12.3. The van der Waals surface area contributed by atoms with Crippen molar-refractivity contribution in [3.05, 3.63) is 25.9 Å². The number of thiophene rings is 1. The van der Waals surface area contributed by atoms with Crippen LogP contribution in [-0.2, 0) is 6.54 Å². The number of unbranched alkanes of at least 4 members (excludes halogenated alkanes) is 1. The predicted octanol–water partition coefficient (Wildman–Crippen LogP) is 1.66. The Morgan fingerprint density at radius 2 is 2.21 bits per heavy atom. The van der Waals surface area contributed by atoms with E-state index in [0.717, 1.165) is 39.9 Å². The second-order valence-electron chi connectivity index (χ2n) is 4.47. The lowest BCUT2D eigenvalue weighted by Crippen LogP contribution is -2.35. The SMILES string of the molecule is C/C=c1\c2c(C)c(=CO)sc2nc(=O)n1CCCC. The largest absolute Gasteiger partial charge is 0.514 e. The van der Waals surface area contributed by atoms with Crippen molar-refractivity contribution in [3.63, 3.8) is 0 Å². The minimum Gasteiger partial charge on any atom is -0.514 e. The summed E-state index contributed by atoms with van der Waals surface area (Å²) in [6.07, 6.45) is 5.02. The number of rotatable bonds is 3. The number of aliphatic hydroxyl groups excluding tert-OH is 1. The van der Waals surface area contributed by atoms with E-state index in [2.05, 4.69) is 11.9 Å². The molecule has 0 atom stereocenters. The van der Waals surface area contributed by atoms with E-state index in [0.29, 0.717) is 11.4 Å². The van der Waals surface area contributed by atoms with E-state index in [1.165, 1.54) is 11.3 Å². The average Bonchev–Trinajstić information content (AvgIpc) is 2.72. The minimum atomic E-state index is -0.209. The van der Waals surface area contributed by atoms with Crippen LogP contribution in [0.15, 0.2) is 4.79 Å². The number of hydrogen-bond donors (Lipinski definition) is 1. The molecule has 5 heteroatoms. The van der Waals surface area contributed by atoms with Gasteiger partial charge in [0, 0.05) is 11.9 Å². The van der Waals surface area contributed by atoms with Crippen molar-refractivity contribution in [2.75, 3.05) is 0 Å². The molecule has 2 aromatic heterocycles. The highest BCUT2D eigenvalue weighted by atomic mass is 32.1. The zero-order chi connectivity index (χ0) is 14.0. The molecule has 0 bridgehead atoms. The summed E-state index contributed by atoms with van der Waals surface area (Å²) in [6, 6.07) is 0. The summed E-state index contributed by atoms with van der Waals surface area (Å²) in [5.74, 6) is 0. The summed E-state index contributed by atoms with van der Waals surface area (Å²) in [5, 5.41) is 11.1. The Morgan fingerprint density at radius 3 is 2.79 bits per heavy atom. The van der Waals surface area contributed by atoms with Crippen molar-refractivity contribution in [1.82, 2.24) is 9.55 Å². The molecule has 0 unspecified atom stereocenters. The summed E-state index contributed by atoms with van der Waals surface area (Å²) in [5.41, 5.74) is 0.771. The zero-order valence-electron chi connectivity index (χ0n) is 11.4. The maximum absolute atomic E-state index is 12.1. The quantitative estimate of drug-likeness (QED) is 0.929. The van der Waals surface area contributed by atoms with Gasteiger partial charge >= 0.3 is 5.69 Å². The van der Waals surface area contributed by atoms with E-state index in [9.17, 15) is 9.90 Å². The summed E-state index contributed by atoms with van der Waals surface area (Å²) in [6.45, 7) is 6.66. The molecule has 2 aromatic rings. The van der Waals surface area contributed by atoms with Gasteiger partial charge in [-0.3, -0.25) is 4.57 Å². The highest BCUT2D eigenvalue weighted by Gasteiger charge is 2.11. The fraction of sp³-hybridized carbons (Fsp3) is 0.429. The van der Waals surface area contributed by atoms with Gasteiger partial charge in [0.15, 0.2) is 0 Å². The minimum absolute atomic E-state index is 0.209. The average molecular weight is 278 g/mol. The molecule has 0 aromatic carbocycles. The van der Waals surface area contributed by atoms with Crippen LogP contribution in [0.4, 0.5) is 0 Å². The topological polar surface area (TPSA) is 55.1 Å². The van der Waals surface area contributed by atoms with Crippen molar-refractivity contribution in [3.8, 4) is 0 Å². The second-order valence-corrected chi connectivity index (χ2v) is 5.50. The molecule has 1 N–H and O–H groups in total. The fourth-order valence-electron chi connectivity index (χ4n) is 2.24. The lowest BCUT2D eigenvalue weighted by molar-refractivity contribution is 0.541. The van der Waals surface area contributed by atoms with Crippen LogP contribution in [0.5, 0.6) is 0 Å². The standard InChI is InChI=1S/C14H18N2O2S/c1-4-6-7-16-10(5-2)12-9(3)11(8-17)19-13(12)15-14(16)18/h5,8,17H,4,6-7H2,1-3H3/b10-5+,11-8?.